The molecule has 9 heteroatoms. The Balaban J connectivity index is 1.81. The van der Waals surface area contributed by atoms with Gasteiger partial charge in [0.2, 0.25) is 9.84 Å². The van der Waals surface area contributed by atoms with Gasteiger partial charge in [0.05, 0.1) is 28.1 Å². The summed E-state index contributed by atoms with van der Waals surface area (Å²) in [6.45, 7) is 5.34. The summed E-state index contributed by atoms with van der Waals surface area (Å²) in [7, 11) is -0.993. The number of esters is 1. The number of hydrogen-bond acceptors (Lipinski definition) is 7. The molecule has 0 aliphatic heterocycles. The lowest BCUT2D eigenvalue weighted by molar-refractivity contribution is 0.0593. The van der Waals surface area contributed by atoms with E-state index in [2.05, 4.69) is 9.97 Å². The lowest BCUT2D eigenvalue weighted by atomic mass is 10.1. The first-order valence-electron chi connectivity index (χ1n) is 11.0. The molecule has 0 unspecified atom stereocenters. The lowest BCUT2D eigenvalue weighted by Gasteiger charge is -2.14. The largest absolute Gasteiger partial charge is 0.464 e. The Morgan fingerprint density at radius 1 is 1.03 bits per heavy atom. The molecule has 0 radical (unpaired) electrons. The molecule has 0 saturated carbocycles. The quantitative estimate of drug-likeness (QED) is 0.391. The van der Waals surface area contributed by atoms with Crippen molar-refractivity contribution in [1.29, 1.82) is 0 Å². The number of pyridine rings is 3. The number of rotatable bonds is 5. The van der Waals surface area contributed by atoms with Gasteiger partial charge in [-0.05, 0) is 67.8 Å². The average molecular weight is 492 g/mol. The van der Waals surface area contributed by atoms with Crippen LogP contribution in [0.4, 0.5) is 0 Å². The van der Waals surface area contributed by atoms with Crippen molar-refractivity contribution in [2.75, 3.05) is 7.11 Å². The van der Waals surface area contributed by atoms with Crippen LogP contribution in [-0.4, -0.2) is 36.0 Å². The van der Waals surface area contributed by atoms with Crippen LogP contribution in [0.2, 0.25) is 0 Å². The zero-order valence-corrected chi connectivity index (χ0v) is 20.9. The molecule has 1 aromatic carbocycles. The highest BCUT2D eigenvalue weighted by Gasteiger charge is 2.23. The molecule has 4 rings (SSSR count). The number of carbonyl (C=O) groups excluding carboxylic acids is 1. The fraction of sp³-hybridized carbons (Fsp3) is 0.231. The second-order valence-corrected chi connectivity index (χ2v) is 10.3. The summed E-state index contributed by atoms with van der Waals surface area (Å²) in [4.78, 5) is 32.9. The Morgan fingerprint density at radius 3 is 2.37 bits per heavy atom. The molecule has 3 aromatic heterocycles. The summed E-state index contributed by atoms with van der Waals surface area (Å²) < 4.78 is 33.6. The zero-order chi connectivity index (χ0) is 25.5. The summed E-state index contributed by atoms with van der Waals surface area (Å²) in [6.07, 6.45) is 3.43. The van der Waals surface area contributed by atoms with Crippen molar-refractivity contribution in [3.8, 4) is 11.3 Å². The number of fused-ring (bicyclic) bond motifs is 1. The van der Waals surface area contributed by atoms with Gasteiger partial charge in [-0.25, -0.2) is 18.2 Å². The van der Waals surface area contributed by atoms with Crippen LogP contribution in [0.5, 0.6) is 0 Å². The molecular formula is C26H25N3O5S. The predicted molar refractivity (Wildman–Crippen MR) is 132 cm³/mol. The number of methoxy groups -OCH3 is 1. The van der Waals surface area contributed by atoms with Crippen LogP contribution in [0.3, 0.4) is 0 Å². The topological polar surface area (TPSA) is 108 Å². The van der Waals surface area contributed by atoms with Gasteiger partial charge in [-0.1, -0.05) is 6.92 Å². The van der Waals surface area contributed by atoms with Gasteiger partial charge in [-0.3, -0.25) is 9.78 Å². The van der Waals surface area contributed by atoms with E-state index in [-0.39, 0.29) is 21.0 Å². The smallest absolute Gasteiger partial charge is 0.356 e. The lowest BCUT2D eigenvalue weighted by Crippen LogP contribution is -2.20. The van der Waals surface area contributed by atoms with Crippen LogP contribution in [0.1, 0.15) is 34.1 Å². The van der Waals surface area contributed by atoms with E-state index in [1.807, 2.05) is 13.0 Å². The van der Waals surface area contributed by atoms with Crippen LogP contribution < -0.4 is 5.56 Å². The fourth-order valence-corrected chi connectivity index (χ4v) is 5.48. The molecule has 0 bridgehead atoms. The number of nitrogens with zero attached hydrogens (tertiary/aromatic N) is 3. The minimum absolute atomic E-state index is 0.0400. The summed E-state index contributed by atoms with van der Waals surface area (Å²) in [5.74, 6) is -0.530. The number of aryl methyl sites for hydroxylation is 4. The number of sulfone groups is 1. The van der Waals surface area contributed by atoms with Gasteiger partial charge in [-0.2, -0.15) is 0 Å². The van der Waals surface area contributed by atoms with Gasteiger partial charge in [0.1, 0.15) is 0 Å². The molecule has 0 fully saturated rings. The third-order valence-corrected chi connectivity index (χ3v) is 7.82. The van der Waals surface area contributed by atoms with E-state index in [1.165, 1.54) is 30.1 Å². The first-order chi connectivity index (χ1) is 16.6. The Bertz CT molecular complexity index is 1640. The van der Waals surface area contributed by atoms with Gasteiger partial charge >= 0.3 is 5.97 Å². The number of benzene rings is 1. The van der Waals surface area contributed by atoms with Crippen molar-refractivity contribution in [2.45, 2.75) is 37.0 Å². The maximum absolute atomic E-state index is 13.7. The van der Waals surface area contributed by atoms with E-state index in [1.54, 1.807) is 45.2 Å². The monoisotopic (exact) mass is 491 g/mol. The molecular weight excluding hydrogens is 466 g/mol. The fourth-order valence-electron chi connectivity index (χ4n) is 4.03. The highest BCUT2D eigenvalue weighted by molar-refractivity contribution is 7.91. The maximum Gasteiger partial charge on any atom is 0.356 e. The van der Waals surface area contributed by atoms with Gasteiger partial charge < -0.3 is 9.30 Å². The second kappa shape index (κ2) is 9.07. The van der Waals surface area contributed by atoms with E-state index < -0.39 is 15.8 Å². The van der Waals surface area contributed by atoms with E-state index >= 15 is 0 Å². The molecule has 180 valence electrons. The average Bonchev–Trinajstić information content (AvgIpc) is 2.86. The molecule has 35 heavy (non-hydrogen) atoms. The molecule has 0 N–H and O–H groups in total. The van der Waals surface area contributed by atoms with Crippen LogP contribution in [0.25, 0.3) is 22.2 Å². The van der Waals surface area contributed by atoms with Crippen LogP contribution >= 0.6 is 0 Å². The minimum atomic E-state index is -3.93. The highest BCUT2D eigenvalue weighted by Crippen LogP contribution is 2.30. The van der Waals surface area contributed by atoms with Crippen LogP contribution in [-0.2, 0) is 28.0 Å². The van der Waals surface area contributed by atoms with E-state index in [0.29, 0.717) is 39.7 Å². The molecule has 0 atom stereocenters. The number of aromatic nitrogens is 3. The Kier molecular flexibility index (Phi) is 6.29. The van der Waals surface area contributed by atoms with Crippen LogP contribution in [0.15, 0.2) is 63.4 Å². The van der Waals surface area contributed by atoms with Crippen molar-refractivity contribution in [3.05, 3.63) is 81.5 Å². The summed E-state index contributed by atoms with van der Waals surface area (Å²) >= 11 is 0. The molecule has 4 aromatic rings. The third-order valence-electron chi connectivity index (χ3n) is 6.04. The van der Waals surface area contributed by atoms with E-state index in [9.17, 15) is 18.0 Å². The van der Waals surface area contributed by atoms with E-state index in [4.69, 9.17) is 4.74 Å². The van der Waals surface area contributed by atoms with Crippen molar-refractivity contribution in [1.82, 2.24) is 14.5 Å². The predicted octanol–water partition coefficient (Wildman–Crippen LogP) is 3.79. The summed E-state index contributed by atoms with van der Waals surface area (Å²) in [6, 6.07) is 9.99. The van der Waals surface area contributed by atoms with Crippen LogP contribution in [0, 0.1) is 13.8 Å². The van der Waals surface area contributed by atoms with Gasteiger partial charge in [0.25, 0.3) is 5.56 Å². The maximum atomic E-state index is 13.7. The first kappa shape index (κ1) is 24.3. The third kappa shape index (κ3) is 4.23. The zero-order valence-electron chi connectivity index (χ0n) is 20.1. The Morgan fingerprint density at radius 2 is 1.77 bits per heavy atom. The highest BCUT2D eigenvalue weighted by atomic mass is 32.2. The molecule has 3 heterocycles. The number of carbonyl (C=O) groups is 1. The summed E-state index contributed by atoms with van der Waals surface area (Å²) in [5.41, 5.74) is 3.67. The Labute approximate surface area is 203 Å². The normalized spacial score (nSPS) is 11.6. The molecule has 8 nitrogen and oxygen atoms in total. The Hall–Kier alpha value is -3.85. The van der Waals surface area contributed by atoms with Crippen molar-refractivity contribution < 1.29 is 17.9 Å². The number of ether oxygens (including phenoxy) is 1. The van der Waals surface area contributed by atoms with E-state index in [0.717, 1.165) is 5.56 Å². The second-order valence-electron chi connectivity index (χ2n) is 8.34. The standard InChI is InChI=1S/C26H25N3O5S/c1-6-17-11-22-20(10-16(3)25(30)29(22)4)23(12-17)35(32,33)19-7-8-21(27-14-19)18-9-15(2)24(28-13-18)26(31)34-5/h7-14H,6H2,1-5H3. The SMILES string of the molecule is CCc1cc(S(=O)(=O)c2ccc(-c3cnc(C(=O)OC)c(C)c3)nc2)c2cc(C)c(=O)n(C)c2c1. The molecule has 0 spiro atoms. The van der Waals surface area contributed by atoms with Gasteiger partial charge in [-0.15, -0.1) is 0 Å². The molecule has 0 saturated heterocycles. The summed E-state index contributed by atoms with van der Waals surface area (Å²) in [5, 5.41) is 0.490. The van der Waals surface area contributed by atoms with Gasteiger partial charge in [0, 0.05) is 36.0 Å². The van der Waals surface area contributed by atoms with Crippen molar-refractivity contribution in [2.24, 2.45) is 7.05 Å². The first-order valence-corrected chi connectivity index (χ1v) is 12.5. The van der Waals surface area contributed by atoms with Crippen molar-refractivity contribution >= 4 is 26.7 Å². The van der Waals surface area contributed by atoms with Crippen molar-refractivity contribution in [3.63, 3.8) is 0 Å². The molecule has 0 aliphatic rings. The minimum Gasteiger partial charge on any atom is -0.464 e. The number of hydrogen-bond donors (Lipinski definition) is 0. The molecule has 0 amide bonds. The van der Waals surface area contributed by atoms with Gasteiger partial charge in [0.15, 0.2) is 5.69 Å². The molecule has 0 aliphatic carbocycles.